The number of rotatable bonds is 3. The summed E-state index contributed by atoms with van der Waals surface area (Å²) in [4.78, 5) is 3.63. The summed E-state index contributed by atoms with van der Waals surface area (Å²) < 4.78 is 39.5. The highest BCUT2D eigenvalue weighted by Crippen LogP contribution is 2.33. The van der Waals surface area contributed by atoms with Gasteiger partial charge in [-0.2, -0.15) is 0 Å². The third-order valence-electron chi connectivity index (χ3n) is 1.58. The van der Waals surface area contributed by atoms with Crippen molar-refractivity contribution >= 4 is 23.1 Å². The summed E-state index contributed by atoms with van der Waals surface area (Å²) in [6.45, 7) is 0. The van der Waals surface area contributed by atoms with Crippen LogP contribution in [0.5, 0.6) is 11.5 Å². The van der Waals surface area contributed by atoms with Gasteiger partial charge in [0.25, 0.3) is 0 Å². The topological polar surface area (TPSA) is 67.8 Å². The third kappa shape index (κ3) is 4.39. The van der Waals surface area contributed by atoms with Crippen molar-refractivity contribution < 1.29 is 23.0 Å². The van der Waals surface area contributed by atoms with Gasteiger partial charge < -0.3 is 15.6 Å². The molecule has 0 amide bonds. The van der Waals surface area contributed by atoms with E-state index in [0.29, 0.717) is 0 Å². The Morgan fingerprint density at radius 1 is 1.47 bits per heavy atom. The molecule has 0 aliphatic carbocycles. The lowest BCUT2D eigenvalue weighted by Gasteiger charge is -2.09. The molecule has 0 radical (unpaired) electrons. The summed E-state index contributed by atoms with van der Waals surface area (Å²) in [7, 11) is 0. The Morgan fingerprint density at radius 2 is 2.12 bits per heavy atom. The van der Waals surface area contributed by atoms with Gasteiger partial charge in [0.2, 0.25) is 0 Å². The van der Waals surface area contributed by atoms with Gasteiger partial charge in [-0.05, 0) is 12.1 Å². The van der Waals surface area contributed by atoms with Crippen LogP contribution in [0.1, 0.15) is 0 Å². The van der Waals surface area contributed by atoms with Crippen LogP contribution in [0.25, 0.3) is 0 Å². The van der Waals surface area contributed by atoms with E-state index in [4.69, 9.17) is 17.3 Å². The first-order valence-electron chi connectivity index (χ1n) is 4.29. The minimum Gasteiger partial charge on any atom is -0.506 e. The molecule has 0 spiro atoms. The molecule has 0 unspecified atom stereocenters. The van der Waals surface area contributed by atoms with Crippen molar-refractivity contribution in [1.29, 1.82) is 0 Å². The van der Waals surface area contributed by atoms with Crippen LogP contribution >= 0.6 is 11.6 Å². The molecule has 1 aromatic rings. The molecule has 4 nitrogen and oxygen atoms in total. The third-order valence-corrected chi connectivity index (χ3v) is 1.86. The lowest BCUT2D eigenvalue weighted by Crippen LogP contribution is -2.17. The first-order chi connectivity index (χ1) is 7.81. The predicted molar refractivity (Wildman–Crippen MR) is 56.8 cm³/mol. The monoisotopic (exact) mass is 268 g/mol. The highest BCUT2D eigenvalue weighted by molar-refractivity contribution is 6.28. The summed E-state index contributed by atoms with van der Waals surface area (Å²) >= 11 is 5.35. The van der Waals surface area contributed by atoms with E-state index in [2.05, 4.69) is 9.73 Å². The van der Waals surface area contributed by atoms with E-state index in [1.54, 1.807) is 0 Å². The van der Waals surface area contributed by atoms with Gasteiger partial charge in [-0.15, -0.1) is 24.8 Å². The summed E-state index contributed by atoms with van der Waals surface area (Å²) in [6.07, 6.45) is -4.81. The number of phenolic OH excluding ortho intramolecular Hbond substituents is 1. The van der Waals surface area contributed by atoms with Gasteiger partial charge >= 0.3 is 6.36 Å². The molecule has 3 N–H and O–H groups in total. The second-order valence-electron chi connectivity index (χ2n) is 2.94. The number of aliphatic imine (C=N–C) groups is 1. The molecule has 0 saturated heterocycles. The number of ether oxygens (including phenoxy) is 1. The van der Waals surface area contributed by atoms with Crippen LogP contribution in [0.2, 0.25) is 0 Å². The van der Waals surface area contributed by atoms with E-state index < -0.39 is 12.1 Å². The number of nitrogens with zero attached hydrogens (tertiary/aromatic N) is 1. The largest absolute Gasteiger partial charge is 0.573 e. The van der Waals surface area contributed by atoms with Gasteiger partial charge in [0.15, 0.2) is 0 Å². The summed E-state index contributed by atoms with van der Waals surface area (Å²) in [5, 5.41) is 9.34. The van der Waals surface area contributed by atoms with E-state index in [-0.39, 0.29) is 23.2 Å². The SMILES string of the molecule is NC(CCl)=Nc1cc(OC(F)(F)F)ccc1O. The first-order valence-corrected chi connectivity index (χ1v) is 4.83. The number of nitrogens with two attached hydrogens (primary N) is 1. The molecule has 0 aliphatic heterocycles. The van der Waals surface area contributed by atoms with E-state index in [1.807, 2.05) is 0 Å². The Kier molecular flexibility index (Phi) is 4.06. The number of hydrogen-bond donors (Lipinski definition) is 2. The number of amidine groups is 1. The van der Waals surface area contributed by atoms with Crippen LogP contribution in [0.15, 0.2) is 23.2 Å². The van der Waals surface area contributed by atoms with E-state index in [9.17, 15) is 18.3 Å². The standard InChI is InChI=1S/C9H8ClF3N2O2/c10-4-8(14)15-6-3-5(1-2-7(6)16)17-9(11,12)13/h1-3,16H,4H2,(H2,14,15). The van der Waals surface area contributed by atoms with Gasteiger partial charge in [0.1, 0.15) is 23.0 Å². The van der Waals surface area contributed by atoms with Crippen molar-refractivity contribution in [3.8, 4) is 11.5 Å². The molecule has 0 saturated carbocycles. The van der Waals surface area contributed by atoms with Crippen LogP contribution in [0.3, 0.4) is 0 Å². The van der Waals surface area contributed by atoms with E-state index in [1.165, 1.54) is 0 Å². The Bertz CT molecular complexity index is 435. The van der Waals surface area contributed by atoms with Gasteiger partial charge in [0.05, 0.1) is 5.88 Å². The Labute approximate surface area is 99.5 Å². The molecule has 17 heavy (non-hydrogen) atoms. The highest BCUT2D eigenvalue weighted by Gasteiger charge is 2.31. The Hall–Kier alpha value is -1.63. The zero-order chi connectivity index (χ0) is 13.1. The normalized spacial score (nSPS) is 12.6. The van der Waals surface area contributed by atoms with Crippen molar-refractivity contribution in [2.45, 2.75) is 6.36 Å². The second-order valence-corrected chi connectivity index (χ2v) is 3.20. The first kappa shape index (κ1) is 13.4. The zero-order valence-electron chi connectivity index (χ0n) is 8.33. The minimum absolute atomic E-state index is 0.0360. The van der Waals surface area contributed by atoms with Gasteiger partial charge in [-0.1, -0.05) is 0 Å². The maximum atomic E-state index is 11.9. The summed E-state index contributed by atoms with van der Waals surface area (Å²) in [5.74, 6) is -0.973. The van der Waals surface area contributed by atoms with E-state index >= 15 is 0 Å². The van der Waals surface area contributed by atoms with Gasteiger partial charge in [-0.3, -0.25) is 0 Å². The molecule has 8 heteroatoms. The minimum atomic E-state index is -4.81. The molecule has 1 aromatic carbocycles. The molecule has 1 rings (SSSR count). The summed E-state index contributed by atoms with van der Waals surface area (Å²) in [6, 6.07) is 2.88. The van der Waals surface area contributed by atoms with Crippen molar-refractivity contribution in [1.82, 2.24) is 0 Å². The van der Waals surface area contributed by atoms with Crippen molar-refractivity contribution in [3.05, 3.63) is 18.2 Å². The fraction of sp³-hybridized carbons (Fsp3) is 0.222. The lowest BCUT2D eigenvalue weighted by molar-refractivity contribution is -0.274. The number of alkyl halides is 4. The summed E-state index contributed by atoms with van der Waals surface area (Å²) in [5.41, 5.74) is 5.15. The Morgan fingerprint density at radius 3 is 2.65 bits per heavy atom. The van der Waals surface area contributed by atoms with Crippen molar-refractivity contribution in [2.24, 2.45) is 10.7 Å². The lowest BCUT2D eigenvalue weighted by atomic mass is 10.3. The van der Waals surface area contributed by atoms with Crippen molar-refractivity contribution in [2.75, 3.05) is 5.88 Å². The second kappa shape index (κ2) is 5.13. The fourth-order valence-electron chi connectivity index (χ4n) is 0.975. The molecule has 0 bridgehead atoms. The maximum Gasteiger partial charge on any atom is 0.573 e. The smallest absolute Gasteiger partial charge is 0.506 e. The van der Waals surface area contributed by atoms with Crippen LogP contribution < -0.4 is 10.5 Å². The number of benzene rings is 1. The molecule has 0 fully saturated rings. The maximum absolute atomic E-state index is 11.9. The molecule has 0 atom stereocenters. The molecular formula is C9H8ClF3N2O2. The Balaban J connectivity index is 3.03. The highest BCUT2D eigenvalue weighted by atomic mass is 35.5. The molecule has 0 aromatic heterocycles. The average Bonchev–Trinajstić information content (AvgIpc) is 2.20. The molecular weight excluding hydrogens is 261 g/mol. The number of aromatic hydroxyl groups is 1. The van der Waals surface area contributed by atoms with Crippen molar-refractivity contribution in [3.63, 3.8) is 0 Å². The molecule has 0 aliphatic rings. The number of hydrogen-bond acceptors (Lipinski definition) is 3. The van der Waals surface area contributed by atoms with Crippen LogP contribution in [-0.2, 0) is 0 Å². The average molecular weight is 269 g/mol. The number of phenols is 1. The zero-order valence-corrected chi connectivity index (χ0v) is 9.09. The van der Waals surface area contributed by atoms with Crippen LogP contribution in [0, 0.1) is 0 Å². The predicted octanol–water partition coefficient (Wildman–Crippen LogP) is 2.52. The van der Waals surface area contributed by atoms with Gasteiger partial charge in [0, 0.05) is 6.07 Å². The van der Waals surface area contributed by atoms with E-state index in [0.717, 1.165) is 18.2 Å². The number of halogens is 4. The fourth-order valence-corrected chi connectivity index (χ4v) is 1.03. The van der Waals surface area contributed by atoms with Gasteiger partial charge in [-0.25, -0.2) is 4.99 Å². The molecule has 0 heterocycles. The molecule has 94 valence electrons. The van der Waals surface area contributed by atoms with Crippen LogP contribution in [-0.4, -0.2) is 23.2 Å². The van der Waals surface area contributed by atoms with Crippen LogP contribution in [0.4, 0.5) is 18.9 Å². The quantitative estimate of drug-likeness (QED) is 0.503.